The zero-order valence-electron chi connectivity index (χ0n) is 17.3. The zero-order valence-corrected chi connectivity index (χ0v) is 18.2. The molecule has 154 valence electrons. The van der Waals surface area contributed by atoms with E-state index in [0.717, 1.165) is 36.9 Å². The van der Waals surface area contributed by atoms with E-state index in [0.29, 0.717) is 0 Å². The molecule has 0 radical (unpaired) electrons. The van der Waals surface area contributed by atoms with E-state index in [2.05, 4.69) is 70.9 Å². The molecule has 2 aliphatic heterocycles. The highest BCUT2D eigenvalue weighted by molar-refractivity contribution is 7.11. The standard InChI is InChI=1S/C26H27NO2S/c1-28-20-13-11-19(12-14-20)25-21-8-3-4-9-23(21)29-26(24-10-7-17-30-24)22(25)18-27-15-5-2-6-16-27/h3-4,7-14,17,25H,2,5-6,15-16,18H2,1H3/t25-/m0/s1. The van der Waals surface area contributed by atoms with Crippen molar-refractivity contribution in [3.05, 3.63) is 87.6 Å². The van der Waals surface area contributed by atoms with Gasteiger partial charge in [-0.3, -0.25) is 4.90 Å². The molecular weight excluding hydrogens is 390 g/mol. The van der Waals surface area contributed by atoms with Gasteiger partial charge in [-0.15, -0.1) is 11.3 Å². The minimum absolute atomic E-state index is 0.180. The van der Waals surface area contributed by atoms with Gasteiger partial charge in [-0.25, -0.2) is 0 Å². The number of methoxy groups -OCH3 is 1. The number of hydrogen-bond acceptors (Lipinski definition) is 4. The van der Waals surface area contributed by atoms with Gasteiger partial charge in [-0.2, -0.15) is 0 Å². The van der Waals surface area contributed by atoms with Crippen molar-refractivity contribution in [2.24, 2.45) is 0 Å². The fraction of sp³-hybridized carbons (Fsp3) is 0.308. The maximum atomic E-state index is 6.57. The molecule has 0 spiro atoms. The summed E-state index contributed by atoms with van der Waals surface area (Å²) in [5.74, 6) is 3.07. The van der Waals surface area contributed by atoms with Gasteiger partial charge in [0.25, 0.3) is 0 Å². The van der Waals surface area contributed by atoms with Crippen LogP contribution < -0.4 is 9.47 Å². The summed E-state index contributed by atoms with van der Waals surface area (Å²) in [7, 11) is 1.72. The molecule has 0 N–H and O–H groups in total. The highest BCUT2D eigenvalue weighted by Gasteiger charge is 2.33. The maximum Gasteiger partial charge on any atom is 0.146 e. The predicted octanol–water partition coefficient (Wildman–Crippen LogP) is 6.18. The van der Waals surface area contributed by atoms with Gasteiger partial charge in [0.15, 0.2) is 0 Å². The third kappa shape index (κ3) is 3.78. The lowest BCUT2D eigenvalue weighted by atomic mass is 9.81. The first kappa shape index (κ1) is 19.4. The molecule has 3 aromatic rings. The van der Waals surface area contributed by atoms with Crippen LogP contribution in [0, 0.1) is 0 Å². The summed E-state index contributed by atoms with van der Waals surface area (Å²) >= 11 is 1.75. The van der Waals surface area contributed by atoms with Crippen molar-refractivity contribution in [1.82, 2.24) is 4.90 Å². The number of hydrogen-bond donors (Lipinski definition) is 0. The molecule has 1 saturated heterocycles. The van der Waals surface area contributed by atoms with Crippen molar-refractivity contribution < 1.29 is 9.47 Å². The summed E-state index contributed by atoms with van der Waals surface area (Å²) in [6, 6.07) is 21.3. The molecule has 1 aromatic heterocycles. The van der Waals surface area contributed by atoms with Crippen LogP contribution in [0.1, 0.15) is 41.2 Å². The van der Waals surface area contributed by atoms with E-state index in [4.69, 9.17) is 9.47 Å². The molecule has 30 heavy (non-hydrogen) atoms. The van der Waals surface area contributed by atoms with Crippen LogP contribution in [0.3, 0.4) is 0 Å². The maximum absolute atomic E-state index is 6.57. The molecule has 0 bridgehead atoms. The number of piperidine rings is 1. The van der Waals surface area contributed by atoms with Gasteiger partial charge in [0, 0.05) is 23.6 Å². The van der Waals surface area contributed by atoms with Crippen molar-refractivity contribution in [2.45, 2.75) is 25.2 Å². The fourth-order valence-corrected chi connectivity index (χ4v) is 5.36. The minimum Gasteiger partial charge on any atom is -0.497 e. The Kier molecular flexibility index (Phi) is 5.60. The number of para-hydroxylation sites is 1. The smallest absolute Gasteiger partial charge is 0.146 e. The molecule has 1 atom stereocenters. The van der Waals surface area contributed by atoms with E-state index < -0.39 is 0 Å². The summed E-state index contributed by atoms with van der Waals surface area (Å²) < 4.78 is 12.0. The van der Waals surface area contributed by atoms with E-state index in [1.165, 1.54) is 40.8 Å². The summed E-state index contributed by atoms with van der Waals surface area (Å²) in [5, 5.41) is 2.13. The van der Waals surface area contributed by atoms with Gasteiger partial charge in [0.1, 0.15) is 17.3 Å². The first-order valence-electron chi connectivity index (χ1n) is 10.7. The summed E-state index contributed by atoms with van der Waals surface area (Å²) in [5.41, 5.74) is 3.89. The van der Waals surface area contributed by atoms with Gasteiger partial charge in [-0.1, -0.05) is 42.8 Å². The van der Waals surface area contributed by atoms with Gasteiger partial charge in [0.05, 0.1) is 12.0 Å². The second kappa shape index (κ2) is 8.66. The number of nitrogens with zero attached hydrogens (tertiary/aromatic N) is 1. The lowest BCUT2D eigenvalue weighted by molar-refractivity contribution is 0.242. The quantitative estimate of drug-likeness (QED) is 0.495. The number of fused-ring (bicyclic) bond motifs is 1. The van der Waals surface area contributed by atoms with Crippen molar-refractivity contribution in [3.63, 3.8) is 0 Å². The molecule has 1 fully saturated rings. The van der Waals surface area contributed by atoms with E-state index in [1.54, 1.807) is 18.4 Å². The monoisotopic (exact) mass is 417 g/mol. The second-order valence-electron chi connectivity index (χ2n) is 8.01. The highest BCUT2D eigenvalue weighted by Crippen LogP contribution is 2.46. The normalized spacial score (nSPS) is 19.3. The van der Waals surface area contributed by atoms with Crippen LogP contribution in [0.25, 0.3) is 5.76 Å². The lowest BCUT2D eigenvalue weighted by Gasteiger charge is -2.35. The van der Waals surface area contributed by atoms with Crippen LogP contribution in [0.15, 0.2) is 71.6 Å². The average Bonchev–Trinajstić information content (AvgIpc) is 3.34. The number of likely N-dealkylation sites (tertiary alicyclic amines) is 1. The number of benzene rings is 2. The van der Waals surface area contributed by atoms with Crippen molar-refractivity contribution in [2.75, 3.05) is 26.7 Å². The second-order valence-corrected chi connectivity index (χ2v) is 8.96. The van der Waals surface area contributed by atoms with Crippen LogP contribution in [0.4, 0.5) is 0 Å². The number of ether oxygens (including phenoxy) is 2. The van der Waals surface area contributed by atoms with Crippen LogP contribution in [-0.4, -0.2) is 31.6 Å². The molecule has 0 unspecified atom stereocenters. The van der Waals surface area contributed by atoms with Crippen LogP contribution in [-0.2, 0) is 0 Å². The van der Waals surface area contributed by atoms with Crippen LogP contribution >= 0.6 is 11.3 Å². The molecule has 4 heteroatoms. The predicted molar refractivity (Wildman–Crippen MR) is 123 cm³/mol. The topological polar surface area (TPSA) is 21.7 Å². The Morgan fingerprint density at radius 2 is 1.77 bits per heavy atom. The zero-order chi connectivity index (χ0) is 20.3. The number of rotatable bonds is 5. The third-order valence-electron chi connectivity index (χ3n) is 6.12. The van der Waals surface area contributed by atoms with E-state index in [-0.39, 0.29) is 5.92 Å². The Labute approximate surface area is 182 Å². The number of thiophene rings is 1. The first-order valence-corrected chi connectivity index (χ1v) is 11.6. The molecule has 3 nitrogen and oxygen atoms in total. The van der Waals surface area contributed by atoms with Gasteiger partial charge in [0.2, 0.25) is 0 Å². The Hall–Kier alpha value is -2.56. The summed E-state index contributed by atoms with van der Waals surface area (Å²) in [6.07, 6.45) is 3.91. The van der Waals surface area contributed by atoms with E-state index in [9.17, 15) is 0 Å². The third-order valence-corrected chi connectivity index (χ3v) is 6.99. The van der Waals surface area contributed by atoms with Crippen molar-refractivity contribution in [1.29, 1.82) is 0 Å². The molecule has 0 aliphatic carbocycles. The SMILES string of the molecule is COc1ccc([C@@H]2C(CN3CCCCC3)=C(c3cccs3)Oc3ccccc32)cc1. The molecule has 3 heterocycles. The van der Waals surface area contributed by atoms with Crippen molar-refractivity contribution >= 4 is 17.1 Å². The summed E-state index contributed by atoms with van der Waals surface area (Å²) in [6.45, 7) is 3.27. The molecular formula is C26H27NO2S. The lowest BCUT2D eigenvalue weighted by Crippen LogP contribution is -2.34. The molecule has 0 saturated carbocycles. The Balaban J connectivity index is 1.65. The van der Waals surface area contributed by atoms with Crippen molar-refractivity contribution in [3.8, 4) is 11.5 Å². The largest absolute Gasteiger partial charge is 0.497 e. The molecule has 0 amide bonds. The summed E-state index contributed by atoms with van der Waals surface area (Å²) in [4.78, 5) is 3.80. The Morgan fingerprint density at radius 1 is 0.967 bits per heavy atom. The van der Waals surface area contributed by atoms with Gasteiger partial charge >= 0.3 is 0 Å². The van der Waals surface area contributed by atoms with Crippen LogP contribution in [0.5, 0.6) is 11.5 Å². The van der Waals surface area contributed by atoms with E-state index >= 15 is 0 Å². The van der Waals surface area contributed by atoms with Crippen LogP contribution in [0.2, 0.25) is 0 Å². The average molecular weight is 418 g/mol. The Bertz CT molecular complexity index is 1020. The van der Waals surface area contributed by atoms with E-state index in [1.807, 2.05) is 0 Å². The van der Waals surface area contributed by atoms with Gasteiger partial charge < -0.3 is 9.47 Å². The Morgan fingerprint density at radius 3 is 2.50 bits per heavy atom. The minimum atomic E-state index is 0.180. The molecule has 2 aromatic carbocycles. The first-order chi connectivity index (χ1) is 14.8. The molecule has 5 rings (SSSR count). The highest BCUT2D eigenvalue weighted by atomic mass is 32.1. The molecule has 2 aliphatic rings. The fourth-order valence-electron chi connectivity index (χ4n) is 4.62. The van der Waals surface area contributed by atoms with Gasteiger partial charge in [-0.05, 0) is 61.1 Å².